The van der Waals surface area contributed by atoms with Gasteiger partial charge in [-0.25, -0.2) is 19.2 Å². The molecule has 0 aliphatic carbocycles. The molecule has 2 N–H and O–H groups in total. The minimum atomic E-state index is -2.69. The molecule has 1 saturated heterocycles. The third-order valence-corrected chi connectivity index (χ3v) is 4.88. The SMILES string of the molecule is CC.FC(F)n1cc(-c2ccc3ncc(-c4cccc(NC5CCNC5)n4)n3n2)cn1. The molecular formula is C21H24F2N8. The zero-order valence-electron chi connectivity index (χ0n) is 17.3. The molecule has 0 bridgehead atoms. The average molecular weight is 426 g/mol. The van der Waals surface area contributed by atoms with Crippen molar-refractivity contribution >= 4 is 11.5 Å². The van der Waals surface area contributed by atoms with Crippen molar-refractivity contribution in [1.29, 1.82) is 0 Å². The molecule has 1 aliphatic rings. The number of rotatable bonds is 5. The Kier molecular flexibility index (Phi) is 6.17. The van der Waals surface area contributed by atoms with Gasteiger partial charge in [0.25, 0.3) is 0 Å². The first-order valence-corrected chi connectivity index (χ1v) is 10.3. The molecule has 1 aliphatic heterocycles. The van der Waals surface area contributed by atoms with Crippen molar-refractivity contribution in [3.05, 3.63) is 48.9 Å². The number of aromatic nitrogens is 6. The third-order valence-electron chi connectivity index (χ3n) is 4.88. The van der Waals surface area contributed by atoms with Crippen LogP contribution in [-0.2, 0) is 0 Å². The molecular weight excluding hydrogens is 402 g/mol. The van der Waals surface area contributed by atoms with E-state index in [0.29, 0.717) is 27.6 Å². The molecule has 5 rings (SSSR count). The maximum atomic E-state index is 12.8. The van der Waals surface area contributed by atoms with Crippen molar-refractivity contribution < 1.29 is 8.78 Å². The first-order valence-electron chi connectivity index (χ1n) is 10.3. The van der Waals surface area contributed by atoms with Crippen LogP contribution >= 0.6 is 0 Å². The number of nitrogens with one attached hydrogen (secondary N) is 2. The van der Waals surface area contributed by atoms with Crippen molar-refractivity contribution in [2.45, 2.75) is 32.9 Å². The maximum Gasteiger partial charge on any atom is 0.333 e. The largest absolute Gasteiger partial charge is 0.366 e. The number of fused-ring (bicyclic) bond motifs is 1. The summed E-state index contributed by atoms with van der Waals surface area (Å²) in [6.45, 7) is 3.23. The molecule has 0 saturated carbocycles. The van der Waals surface area contributed by atoms with Crippen LogP contribution in [0.1, 0.15) is 26.8 Å². The first kappa shape index (κ1) is 20.9. The minimum absolute atomic E-state index is 0.357. The van der Waals surface area contributed by atoms with Crippen LogP contribution in [0.3, 0.4) is 0 Å². The molecule has 31 heavy (non-hydrogen) atoms. The molecule has 0 radical (unpaired) electrons. The molecule has 1 fully saturated rings. The fourth-order valence-corrected chi connectivity index (χ4v) is 3.42. The van der Waals surface area contributed by atoms with E-state index in [1.807, 2.05) is 32.0 Å². The van der Waals surface area contributed by atoms with Gasteiger partial charge in [-0.3, -0.25) is 0 Å². The minimum Gasteiger partial charge on any atom is -0.366 e. The van der Waals surface area contributed by atoms with Crippen LogP contribution in [0.5, 0.6) is 0 Å². The number of nitrogens with zero attached hydrogens (tertiary/aromatic N) is 6. The van der Waals surface area contributed by atoms with Gasteiger partial charge in [-0.05, 0) is 37.2 Å². The standard InChI is InChI=1S/C19H18F2N8.C2H6/c20-19(21)28-11-12(8-24-28)14-4-5-18-23-10-16(29(18)27-14)15-2-1-3-17(26-15)25-13-6-7-22-9-13;1-2/h1-5,8,10-11,13,19,22H,6-7,9H2,(H,25,26);1-2H3. The van der Waals surface area contributed by atoms with E-state index >= 15 is 0 Å². The summed E-state index contributed by atoms with van der Waals surface area (Å²) in [7, 11) is 0. The number of alkyl halides is 2. The molecule has 1 unspecified atom stereocenters. The molecule has 5 heterocycles. The van der Waals surface area contributed by atoms with Gasteiger partial charge in [-0.2, -0.15) is 19.0 Å². The van der Waals surface area contributed by atoms with Crippen LogP contribution in [0, 0.1) is 0 Å². The predicted molar refractivity (Wildman–Crippen MR) is 115 cm³/mol. The van der Waals surface area contributed by atoms with E-state index in [9.17, 15) is 8.78 Å². The van der Waals surface area contributed by atoms with Crippen LogP contribution in [0.25, 0.3) is 28.3 Å². The highest BCUT2D eigenvalue weighted by Gasteiger charge is 2.16. The summed E-state index contributed by atoms with van der Waals surface area (Å²) in [5.74, 6) is 0.792. The van der Waals surface area contributed by atoms with Gasteiger partial charge in [-0.1, -0.05) is 19.9 Å². The highest BCUT2D eigenvalue weighted by Crippen LogP contribution is 2.24. The van der Waals surface area contributed by atoms with E-state index in [1.165, 1.54) is 12.4 Å². The Labute approximate surface area is 178 Å². The highest BCUT2D eigenvalue weighted by atomic mass is 19.3. The van der Waals surface area contributed by atoms with Crippen LogP contribution < -0.4 is 10.6 Å². The summed E-state index contributed by atoms with van der Waals surface area (Å²) < 4.78 is 27.9. The highest BCUT2D eigenvalue weighted by molar-refractivity contribution is 5.64. The van der Waals surface area contributed by atoms with Gasteiger partial charge in [0.15, 0.2) is 5.65 Å². The van der Waals surface area contributed by atoms with Gasteiger partial charge >= 0.3 is 6.55 Å². The monoisotopic (exact) mass is 426 g/mol. The third kappa shape index (κ3) is 4.38. The first-order chi connectivity index (χ1) is 15.2. The molecule has 0 amide bonds. The van der Waals surface area contributed by atoms with Gasteiger partial charge in [0, 0.05) is 24.3 Å². The lowest BCUT2D eigenvalue weighted by atomic mass is 10.2. The summed E-state index contributed by atoms with van der Waals surface area (Å²) in [4.78, 5) is 9.09. The lowest BCUT2D eigenvalue weighted by Crippen LogP contribution is -2.22. The van der Waals surface area contributed by atoms with Crippen molar-refractivity contribution in [1.82, 2.24) is 34.7 Å². The average Bonchev–Trinajstić information content (AvgIpc) is 3.55. The fraction of sp³-hybridized carbons (Fsp3) is 0.333. The van der Waals surface area contributed by atoms with Crippen LogP contribution in [0.2, 0.25) is 0 Å². The zero-order chi connectivity index (χ0) is 21.8. The van der Waals surface area contributed by atoms with Gasteiger partial charge < -0.3 is 10.6 Å². The van der Waals surface area contributed by atoms with E-state index < -0.39 is 6.55 Å². The number of pyridine rings is 1. The Morgan fingerprint density at radius 1 is 1.13 bits per heavy atom. The second-order valence-electron chi connectivity index (χ2n) is 6.86. The van der Waals surface area contributed by atoms with Gasteiger partial charge in [0.2, 0.25) is 0 Å². The van der Waals surface area contributed by atoms with Crippen molar-refractivity contribution in [2.75, 3.05) is 18.4 Å². The predicted octanol–water partition coefficient (Wildman–Crippen LogP) is 3.85. The summed E-state index contributed by atoms with van der Waals surface area (Å²) in [5.41, 5.74) is 3.11. The maximum absolute atomic E-state index is 12.8. The van der Waals surface area contributed by atoms with E-state index in [4.69, 9.17) is 4.98 Å². The molecule has 0 aromatic carbocycles. The molecule has 0 spiro atoms. The quantitative estimate of drug-likeness (QED) is 0.504. The van der Waals surface area contributed by atoms with Crippen LogP contribution in [0.15, 0.2) is 48.9 Å². The zero-order valence-corrected chi connectivity index (χ0v) is 17.3. The molecule has 10 heteroatoms. The van der Waals surface area contributed by atoms with E-state index in [1.54, 1.807) is 22.8 Å². The Morgan fingerprint density at radius 3 is 2.74 bits per heavy atom. The summed E-state index contributed by atoms with van der Waals surface area (Å²) in [5, 5.41) is 15.0. The Balaban J connectivity index is 0.00000112. The van der Waals surface area contributed by atoms with E-state index in [-0.39, 0.29) is 0 Å². The fourth-order valence-electron chi connectivity index (χ4n) is 3.42. The molecule has 162 valence electrons. The van der Waals surface area contributed by atoms with Crippen molar-refractivity contribution in [3.63, 3.8) is 0 Å². The van der Waals surface area contributed by atoms with Gasteiger partial charge in [-0.15, -0.1) is 0 Å². The molecule has 4 aromatic rings. The summed E-state index contributed by atoms with van der Waals surface area (Å²) >= 11 is 0. The second-order valence-corrected chi connectivity index (χ2v) is 6.86. The molecule has 4 aromatic heterocycles. The van der Waals surface area contributed by atoms with E-state index in [0.717, 1.165) is 36.7 Å². The van der Waals surface area contributed by atoms with E-state index in [2.05, 4.69) is 25.8 Å². The topological polar surface area (TPSA) is 85.0 Å². The van der Waals surface area contributed by atoms with Gasteiger partial charge in [0.1, 0.15) is 11.5 Å². The van der Waals surface area contributed by atoms with Gasteiger partial charge in [0.05, 0.1) is 23.8 Å². The van der Waals surface area contributed by atoms with Crippen molar-refractivity contribution in [3.8, 4) is 22.6 Å². The Hall–Kier alpha value is -3.40. The lowest BCUT2D eigenvalue weighted by Gasteiger charge is -2.12. The Bertz CT molecular complexity index is 1150. The van der Waals surface area contributed by atoms with Crippen molar-refractivity contribution in [2.24, 2.45) is 0 Å². The van der Waals surface area contributed by atoms with Crippen LogP contribution in [-0.4, -0.2) is 48.5 Å². The second kappa shape index (κ2) is 9.17. The number of halogens is 2. The number of hydrogen-bond donors (Lipinski definition) is 2. The Morgan fingerprint density at radius 2 is 2.00 bits per heavy atom. The summed E-state index contributed by atoms with van der Waals surface area (Å²) in [6, 6.07) is 9.64. The number of anilines is 1. The summed E-state index contributed by atoms with van der Waals surface area (Å²) in [6.07, 6.45) is 5.40. The normalized spacial score (nSPS) is 15.8. The lowest BCUT2D eigenvalue weighted by molar-refractivity contribution is 0.0566. The number of hydrogen-bond acceptors (Lipinski definition) is 6. The molecule has 8 nitrogen and oxygen atoms in total. The van der Waals surface area contributed by atoms with Crippen LogP contribution in [0.4, 0.5) is 14.6 Å². The number of imidazole rings is 1. The molecule has 1 atom stereocenters. The smallest absolute Gasteiger partial charge is 0.333 e.